The highest BCUT2D eigenvalue weighted by Gasteiger charge is 2.33. The summed E-state index contributed by atoms with van der Waals surface area (Å²) in [5.74, 6) is 0.543. The number of rotatable bonds is 5. The number of nitrogens with zero attached hydrogens (tertiary/aromatic N) is 1. The number of hydrogen-bond donors (Lipinski definition) is 0. The first-order chi connectivity index (χ1) is 12.5. The molecule has 0 spiro atoms. The molecule has 2 unspecified atom stereocenters. The molecule has 1 heterocycles. The number of hydrogen-bond acceptors (Lipinski definition) is 5. The minimum atomic E-state index is -0.407. The molecule has 1 aliphatic heterocycles. The predicted molar refractivity (Wildman–Crippen MR) is 101 cm³/mol. The van der Waals surface area contributed by atoms with Crippen LogP contribution in [0.4, 0.5) is 5.69 Å². The zero-order valence-corrected chi connectivity index (χ0v) is 16.0. The van der Waals surface area contributed by atoms with Crippen molar-refractivity contribution in [3.8, 4) is 5.75 Å². The average Bonchev–Trinajstić information content (AvgIpc) is 2.66. The van der Waals surface area contributed by atoms with Crippen molar-refractivity contribution in [2.24, 2.45) is 0 Å². The Kier molecular flexibility index (Phi) is 5.84. The summed E-state index contributed by atoms with van der Waals surface area (Å²) in [5.41, 5.74) is 1.43. The Bertz CT molecular complexity index is 666. The lowest BCUT2D eigenvalue weighted by molar-refractivity contribution is -0.151. The Morgan fingerprint density at radius 3 is 2.65 bits per heavy atom. The molecule has 1 aromatic rings. The van der Waals surface area contributed by atoms with Gasteiger partial charge >= 0.3 is 5.97 Å². The van der Waals surface area contributed by atoms with E-state index < -0.39 is 6.04 Å². The number of ether oxygens (including phenoxy) is 2. The van der Waals surface area contributed by atoms with Gasteiger partial charge in [0.15, 0.2) is 5.78 Å². The van der Waals surface area contributed by atoms with Crippen LogP contribution < -0.4 is 9.64 Å². The van der Waals surface area contributed by atoms with Crippen molar-refractivity contribution in [1.82, 2.24) is 0 Å². The van der Waals surface area contributed by atoms with E-state index in [1.165, 1.54) is 6.42 Å². The molecule has 3 rings (SSSR count). The fourth-order valence-corrected chi connectivity index (χ4v) is 3.75. The van der Waals surface area contributed by atoms with Crippen molar-refractivity contribution in [2.75, 3.05) is 11.4 Å². The Hall–Kier alpha value is -2.04. The van der Waals surface area contributed by atoms with Crippen LogP contribution in [0.3, 0.4) is 0 Å². The molecule has 5 nitrogen and oxygen atoms in total. The van der Waals surface area contributed by atoms with Crippen LogP contribution in [-0.2, 0) is 9.53 Å². The fraction of sp³-hybridized carbons (Fsp3) is 0.619. The Labute approximate surface area is 155 Å². The van der Waals surface area contributed by atoms with E-state index in [2.05, 4.69) is 6.92 Å². The lowest BCUT2D eigenvalue weighted by atomic mass is 9.98. The zero-order valence-electron chi connectivity index (χ0n) is 16.0. The summed E-state index contributed by atoms with van der Waals surface area (Å²) in [6.45, 7) is 6.12. The second-order valence-electron chi connectivity index (χ2n) is 7.41. The van der Waals surface area contributed by atoms with Gasteiger partial charge in [0.05, 0.1) is 12.2 Å². The van der Waals surface area contributed by atoms with E-state index in [9.17, 15) is 9.59 Å². The third-order valence-corrected chi connectivity index (χ3v) is 5.47. The fourth-order valence-electron chi connectivity index (χ4n) is 3.75. The largest absolute Gasteiger partial charge is 0.486 e. The third kappa shape index (κ3) is 4.02. The summed E-state index contributed by atoms with van der Waals surface area (Å²) in [7, 11) is 0. The number of carbonyl (C=O) groups is 2. The molecule has 0 saturated heterocycles. The van der Waals surface area contributed by atoms with Crippen molar-refractivity contribution in [3.63, 3.8) is 0 Å². The molecule has 0 radical (unpaired) electrons. The van der Waals surface area contributed by atoms with Crippen LogP contribution in [0.1, 0.15) is 69.7 Å². The monoisotopic (exact) mass is 359 g/mol. The van der Waals surface area contributed by atoms with Gasteiger partial charge in [0.25, 0.3) is 0 Å². The second-order valence-corrected chi connectivity index (χ2v) is 7.41. The molecule has 0 N–H and O–H groups in total. The molecule has 1 aliphatic carbocycles. The summed E-state index contributed by atoms with van der Waals surface area (Å²) in [6.07, 6.45) is 6.34. The van der Waals surface area contributed by atoms with Crippen LogP contribution >= 0.6 is 0 Å². The SMILES string of the molecule is CCC1CN(C(C)C(=O)OC2CCCCC2)c2cc(C(C)=O)ccc2O1. The lowest BCUT2D eigenvalue weighted by Gasteiger charge is -2.39. The minimum absolute atomic E-state index is 0.00259. The molecule has 1 saturated carbocycles. The van der Waals surface area contributed by atoms with Gasteiger partial charge in [-0.1, -0.05) is 13.3 Å². The Morgan fingerprint density at radius 1 is 1.27 bits per heavy atom. The van der Waals surface area contributed by atoms with Crippen LogP contribution in [0.5, 0.6) is 5.75 Å². The summed E-state index contributed by atoms with van der Waals surface area (Å²) >= 11 is 0. The molecule has 2 aliphatic rings. The standard InChI is InChI=1S/C21H29NO4/c1-4-17-13-22(14(2)21(24)26-18-8-6-5-7-9-18)19-12-16(15(3)23)10-11-20(19)25-17/h10-12,14,17-18H,4-9,13H2,1-3H3. The number of Topliss-reactive ketones (excluding diaryl/α,β-unsaturated/α-hetero) is 1. The van der Waals surface area contributed by atoms with E-state index in [0.29, 0.717) is 12.1 Å². The minimum Gasteiger partial charge on any atom is -0.486 e. The van der Waals surface area contributed by atoms with E-state index in [4.69, 9.17) is 9.47 Å². The number of carbonyl (C=O) groups excluding carboxylic acids is 2. The summed E-state index contributed by atoms with van der Waals surface area (Å²) in [6, 6.07) is 5.03. The Balaban J connectivity index is 1.81. The van der Waals surface area contributed by atoms with Crippen LogP contribution in [-0.4, -0.2) is 36.5 Å². The second kappa shape index (κ2) is 8.11. The van der Waals surface area contributed by atoms with Crippen molar-refractivity contribution >= 4 is 17.4 Å². The third-order valence-electron chi connectivity index (χ3n) is 5.47. The van der Waals surface area contributed by atoms with Gasteiger partial charge in [0, 0.05) is 5.56 Å². The highest BCUT2D eigenvalue weighted by molar-refractivity contribution is 5.96. The molecule has 5 heteroatoms. The number of esters is 1. The van der Waals surface area contributed by atoms with E-state index in [1.807, 2.05) is 24.0 Å². The molecule has 26 heavy (non-hydrogen) atoms. The molecule has 0 bridgehead atoms. The number of fused-ring (bicyclic) bond motifs is 1. The van der Waals surface area contributed by atoms with Crippen LogP contribution in [0.15, 0.2) is 18.2 Å². The van der Waals surface area contributed by atoms with Gasteiger partial charge in [-0.2, -0.15) is 0 Å². The van der Waals surface area contributed by atoms with E-state index in [-0.39, 0.29) is 24.0 Å². The van der Waals surface area contributed by atoms with Gasteiger partial charge in [-0.3, -0.25) is 4.79 Å². The number of anilines is 1. The van der Waals surface area contributed by atoms with Crippen LogP contribution in [0, 0.1) is 0 Å². The lowest BCUT2D eigenvalue weighted by Crippen LogP contribution is -2.48. The van der Waals surface area contributed by atoms with E-state index >= 15 is 0 Å². The van der Waals surface area contributed by atoms with Crippen molar-refractivity contribution in [3.05, 3.63) is 23.8 Å². The normalized spacial score (nSPS) is 21.5. The maximum atomic E-state index is 12.8. The molecule has 1 aromatic carbocycles. The zero-order chi connectivity index (χ0) is 18.7. The van der Waals surface area contributed by atoms with Gasteiger partial charge in [-0.15, -0.1) is 0 Å². The number of ketones is 1. The first-order valence-corrected chi connectivity index (χ1v) is 9.78. The van der Waals surface area contributed by atoms with Gasteiger partial charge in [0.1, 0.15) is 24.0 Å². The van der Waals surface area contributed by atoms with E-state index in [0.717, 1.165) is 43.5 Å². The smallest absolute Gasteiger partial charge is 0.328 e. The summed E-state index contributed by atoms with van der Waals surface area (Å²) < 4.78 is 11.8. The molecular weight excluding hydrogens is 330 g/mol. The van der Waals surface area contributed by atoms with Gasteiger partial charge in [0.2, 0.25) is 0 Å². The quantitative estimate of drug-likeness (QED) is 0.584. The van der Waals surface area contributed by atoms with Gasteiger partial charge in [-0.25, -0.2) is 4.79 Å². The highest BCUT2D eigenvalue weighted by Crippen LogP contribution is 2.36. The number of benzene rings is 1. The average molecular weight is 359 g/mol. The van der Waals surface area contributed by atoms with Crippen molar-refractivity contribution < 1.29 is 19.1 Å². The molecular formula is C21H29NO4. The highest BCUT2D eigenvalue weighted by atomic mass is 16.5. The molecule has 142 valence electrons. The van der Waals surface area contributed by atoms with E-state index in [1.54, 1.807) is 13.0 Å². The maximum Gasteiger partial charge on any atom is 0.328 e. The van der Waals surface area contributed by atoms with Crippen molar-refractivity contribution in [2.45, 2.75) is 77.5 Å². The summed E-state index contributed by atoms with van der Waals surface area (Å²) in [4.78, 5) is 26.6. The molecule has 1 fully saturated rings. The molecule has 0 amide bonds. The van der Waals surface area contributed by atoms with Gasteiger partial charge < -0.3 is 14.4 Å². The first kappa shape index (κ1) is 18.7. The van der Waals surface area contributed by atoms with Crippen molar-refractivity contribution in [1.29, 1.82) is 0 Å². The first-order valence-electron chi connectivity index (χ1n) is 9.78. The maximum absolute atomic E-state index is 12.8. The summed E-state index contributed by atoms with van der Waals surface area (Å²) in [5, 5.41) is 0. The topological polar surface area (TPSA) is 55.8 Å². The molecule has 2 atom stereocenters. The Morgan fingerprint density at radius 2 is 2.00 bits per heavy atom. The van der Waals surface area contributed by atoms with Gasteiger partial charge in [-0.05, 0) is 64.2 Å². The molecule has 0 aromatic heterocycles. The van der Waals surface area contributed by atoms with Crippen LogP contribution in [0.25, 0.3) is 0 Å². The van der Waals surface area contributed by atoms with Crippen LogP contribution in [0.2, 0.25) is 0 Å². The predicted octanol–water partition coefficient (Wildman–Crippen LogP) is 4.13.